The summed E-state index contributed by atoms with van der Waals surface area (Å²) in [6, 6.07) is 6.71. The largest absolute Gasteiger partial charge is 0.399 e. The molecule has 1 aromatic heterocycles. The number of hydrogen-bond acceptors (Lipinski definition) is 4. The molecule has 100 valence electrons. The van der Waals surface area contributed by atoms with Crippen molar-refractivity contribution in [1.82, 2.24) is 4.98 Å². The molecule has 0 atom stereocenters. The average Bonchev–Trinajstić information content (AvgIpc) is 2.69. The molecule has 19 heavy (non-hydrogen) atoms. The van der Waals surface area contributed by atoms with Gasteiger partial charge in [-0.25, -0.2) is 9.78 Å². The maximum Gasteiger partial charge on any atom is 0.325 e. The number of nitrogen functional groups attached to an aromatic ring is 1. The van der Waals surface area contributed by atoms with Gasteiger partial charge in [0.2, 0.25) is 0 Å². The fraction of sp³-hybridized carbons (Fsp3) is 0.231. The second kappa shape index (κ2) is 5.71. The van der Waals surface area contributed by atoms with Crippen LogP contribution in [0.15, 0.2) is 24.3 Å². The Hall–Kier alpha value is -2.08. The minimum atomic E-state index is -0.318. The SMILES string of the molecule is CCc1nc(NC(=O)Nc2cccc(N)c2)sc1C. The third kappa shape index (κ3) is 3.45. The highest BCUT2D eigenvalue weighted by Crippen LogP contribution is 2.22. The molecule has 0 spiro atoms. The molecule has 1 heterocycles. The average molecular weight is 276 g/mol. The van der Waals surface area contributed by atoms with Gasteiger partial charge in [0.1, 0.15) is 0 Å². The van der Waals surface area contributed by atoms with Crippen molar-refractivity contribution in [3.8, 4) is 0 Å². The number of nitrogens with one attached hydrogen (secondary N) is 2. The Balaban J connectivity index is 2.01. The summed E-state index contributed by atoms with van der Waals surface area (Å²) < 4.78 is 0. The molecule has 0 radical (unpaired) electrons. The molecule has 0 aliphatic heterocycles. The third-order valence-electron chi connectivity index (χ3n) is 2.59. The van der Waals surface area contributed by atoms with Gasteiger partial charge in [0.25, 0.3) is 0 Å². The number of thiazole rings is 1. The van der Waals surface area contributed by atoms with Crippen LogP contribution in [-0.4, -0.2) is 11.0 Å². The van der Waals surface area contributed by atoms with Crippen LogP contribution in [0, 0.1) is 6.92 Å². The zero-order chi connectivity index (χ0) is 13.8. The number of carbonyl (C=O) groups is 1. The van der Waals surface area contributed by atoms with Crippen LogP contribution < -0.4 is 16.4 Å². The summed E-state index contributed by atoms with van der Waals surface area (Å²) in [4.78, 5) is 17.3. The molecule has 0 aliphatic carbocycles. The van der Waals surface area contributed by atoms with E-state index in [-0.39, 0.29) is 6.03 Å². The van der Waals surface area contributed by atoms with Crippen LogP contribution in [0.2, 0.25) is 0 Å². The number of aryl methyl sites for hydroxylation is 2. The Morgan fingerprint density at radius 2 is 2.21 bits per heavy atom. The lowest BCUT2D eigenvalue weighted by Gasteiger charge is -2.05. The van der Waals surface area contributed by atoms with Crippen molar-refractivity contribution in [3.05, 3.63) is 34.8 Å². The van der Waals surface area contributed by atoms with Crippen molar-refractivity contribution in [3.63, 3.8) is 0 Å². The predicted molar refractivity (Wildman–Crippen MR) is 79.7 cm³/mol. The van der Waals surface area contributed by atoms with Crippen LogP contribution in [0.25, 0.3) is 0 Å². The predicted octanol–water partition coefficient (Wildman–Crippen LogP) is 3.24. The van der Waals surface area contributed by atoms with E-state index >= 15 is 0 Å². The van der Waals surface area contributed by atoms with E-state index in [9.17, 15) is 4.79 Å². The number of anilines is 3. The van der Waals surface area contributed by atoms with E-state index in [4.69, 9.17) is 5.73 Å². The minimum Gasteiger partial charge on any atom is -0.399 e. The summed E-state index contributed by atoms with van der Waals surface area (Å²) in [5, 5.41) is 6.04. The molecule has 2 aromatic rings. The van der Waals surface area contributed by atoms with Crippen LogP contribution in [0.4, 0.5) is 21.3 Å². The van der Waals surface area contributed by atoms with Crippen molar-refractivity contribution in [2.75, 3.05) is 16.4 Å². The van der Waals surface area contributed by atoms with Gasteiger partial charge < -0.3 is 11.1 Å². The highest BCUT2D eigenvalue weighted by atomic mass is 32.1. The molecular weight excluding hydrogens is 260 g/mol. The molecule has 0 bridgehead atoms. The molecule has 5 nitrogen and oxygen atoms in total. The molecule has 2 amide bonds. The second-order valence-electron chi connectivity index (χ2n) is 4.08. The lowest BCUT2D eigenvalue weighted by atomic mass is 10.3. The molecule has 2 rings (SSSR count). The zero-order valence-corrected chi connectivity index (χ0v) is 11.7. The summed E-state index contributed by atoms with van der Waals surface area (Å²) in [6.07, 6.45) is 0.862. The molecule has 6 heteroatoms. The first-order chi connectivity index (χ1) is 9.08. The first-order valence-electron chi connectivity index (χ1n) is 5.98. The summed E-state index contributed by atoms with van der Waals surface area (Å²) in [7, 11) is 0. The lowest BCUT2D eigenvalue weighted by Crippen LogP contribution is -2.19. The van der Waals surface area contributed by atoms with E-state index in [1.54, 1.807) is 24.3 Å². The maximum atomic E-state index is 11.8. The quantitative estimate of drug-likeness (QED) is 0.753. The Labute approximate surface area is 115 Å². The highest BCUT2D eigenvalue weighted by Gasteiger charge is 2.09. The Morgan fingerprint density at radius 3 is 2.84 bits per heavy atom. The Morgan fingerprint density at radius 1 is 1.42 bits per heavy atom. The van der Waals surface area contributed by atoms with E-state index in [2.05, 4.69) is 15.6 Å². The fourth-order valence-electron chi connectivity index (χ4n) is 1.69. The van der Waals surface area contributed by atoms with Crippen LogP contribution in [-0.2, 0) is 6.42 Å². The maximum absolute atomic E-state index is 11.8. The van der Waals surface area contributed by atoms with Gasteiger partial charge in [-0.2, -0.15) is 0 Å². The first kappa shape index (κ1) is 13.4. The molecule has 0 fully saturated rings. The van der Waals surface area contributed by atoms with Gasteiger partial charge in [0.05, 0.1) is 5.69 Å². The molecule has 4 N–H and O–H groups in total. The number of benzene rings is 1. The van der Waals surface area contributed by atoms with Gasteiger partial charge in [-0.3, -0.25) is 5.32 Å². The topological polar surface area (TPSA) is 80.0 Å². The van der Waals surface area contributed by atoms with Crippen molar-refractivity contribution < 1.29 is 4.79 Å². The third-order valence-corrected chi connectivity index (χ3v) is 3.52. The van der Waals surface area contributed by atoms with Crippen LogP contribution in [0.1, 0.15) is 17.5 Å². The molecule has 0 saturated heterocycles. The number of carbonyl (C=O) groups excluding carboxylic acids is 1. The van der Waals surface area contributed by atoms with Gasteiger partial charge in [-0.05, 0) is 31.5 Å². The summed E-state index contributed by atoms with van der Waals surface area (Å²) >= 11 is 1.47. The van der Waals surface area contributed by atoms with E-state index in [0.717, 1.165) is 17.0 Å². The number of nitrogens with zero attached hydrogens (tertiary/aromatic N) is 1. The highest BCUT2D eigenvalue weighted by molar-refractivity contribution is 7.15. The van der Waals surface area contributed by atoms with Crippen LogP contribution >= 0.6 is 11.3 Å². The lowest BCUT2D eigenvalue weighted by molar-refractivity contribution is 0.262. The normalized spacial score (nSPS) is 10.2. The fourth-order valence-corrected chi connectivity index (χ4v) is 2.58. The Kier molecular flexibility index (Phi) is 4.01. The van der Waals surface area contributed by atoms with E-state index in [1.165, 1.54) is 11.3 Å². The zero-order valence-electron chi connectivity index (χ0n) is 10.9. The van der Waals surface area contributed by atoms with Crippen LogP contribution in [0.5, 0.6) is 0 Å². The summed E-state index contributed by atoms with van der Waals surface area (Å²) in [5.41, 5.74) is 7.93. The van der Waals surface area contributed by atoms with Crippen molar-refractivity contribution >= 4 is 33.9 Å². The number of nitrogens with two attached hydrogens (primary N) is 1. The van der Waals surface area contributed by atoms with Gasteiger partial charge in [-0.1, -0.05) is 13.0 Å². The second-order valence-corrected chi connectivity index (χ2v) is 5.28. The standard InChI is InChI=1S/C13H16N4OS/c1-3-11-8(2)19-13(16-11)17-12(18)15-10-6-4-5-9(14)7-10/h4-7H,3,14H2,1-2H3,(H2,15,16,17,18). The molecule has 0 unspecified atom stereocenters. The summed E-state index contributed by atoms with van der Waals surface area (Å²) in [5.74, 6) is 0. The van der Waals surface area contributed by atoms with Crippen molar-refractivity contribution in [1.29, 1.82) is 0 Å². The van der Waals surface area contributed by atoms with E-state index in [0.29, 0.717) is 16.5 Å². The molecular formula is C13H16N4OS. The molecule has 0 aliphatic rings. The van der Waals surface area contributed by atoms with Crippen molar-refractivity contribution in [2.24, 2.45) is 0 Å². The number of aromatic nitrogens is 1. The smallest absolute Gasteiger partial charge is 0.325 e. The number of hydrogen-bond donors (Lipinski definition) is 3. The molecule has 0 saturated carbocycles. The number of amides is 2. The first-order valence-corrected chi connectivity index (χ1v) is 6.80. The number of urea groups is 1. The van der Waals surface area contributed by atoms with Gasteiger partial charge in [-0.15, -0.1) is 11.3 Å². The van der Waals surface area contributed by atoms with Crippen molar-refractivity contribution in [2.45, 2.75) is 20.3 Å². The monoisotopic (exact) mass is 276 g/mol. The summed E-state index contributed by atoms with van der Waals surface area (Å²) in [6.45, 7) is 4.04. The van der Waals surface area contributed by atoms with Crippen LogP contribution in [0.3, 0.4) is 0 Å². The van der Waals surface area contributed by atoms with Gasteiger partial charge in [0, 0.05) is 16.3 Å². The van der Waals surface area contributed by atoms with E-state index in [1.807, 2.05) is 13.8 Å². The molecule has 1 aromatic carbocycles. The number of rotatable bonds is 3. The van der Waals surface area contributed by atoms with E-state index < -0.39 is 0 Å². The van der Waals surface area contributed by atoms with Gasteiger partial charge >= 0.3 is 6.03 Å². The Bertz CT molecular complexity index is 594. The minimum absolute atomic E-state index is 0.318. The van der Waals surface area contributed by atoms with Gasteiger partial charge in [0.15, 0.2) is 5.13 Å².